The Hall–Kier alpha value is -0.570. The Morgan fingerprint density at radius 2 is 2.15 bits per heavy atom. The molecule has 1 aliphatic carbocycles. The zero-order valence-electron chi connectivity index (χ0n) is 8.42. The summed E-state index contributed by atoms with van der Waals surface area (Å²) in [5.74, 6) is 0.466. The fraction of sp³-hybridized carbons (Fsp3) is 0.900. The molecule has 1 rings (SSSR count). The van der Waals surface area contributed by atoms with Gasteiger partial charge in [0.05, 0.1) is 6.42 Å². The van der Waals surface area contributed by atoms with Crippen LogP contribution in [0.5, 0.6) is 0 Å². The topological polar surface area (TPSA) is 63.3 Å². The Balaban J connectivity index is 2.56. The van der Waals surface area contributed by atoms with Gasteiger partial charge in [0.2, 0.25) is 0 Å². The highest BCUT2D eigenvalue weighted by atomic mass is 16.4. The van der Waals surface area contributed by atoms with E-state index in [1.54, 1.807) is 0 Å². The monoisotopic (exact) mass is 185 g/mol. The molecule has 3 heteroatoms. The van der Waals surface area contributed by atoms with Gasteiger partial charge in [-0.1, -0.05) is 13.8 Å². The van der Waals surface area contributed by atoms with Gasteiger partial charge in [-0.25, -0.2) is 0 Å². The fourth-order valence-electron chi connectivity index (χ4n) is 2.21. The summed E-state index contributed by atoms with van der Waals surface area (Å²) in [6, 6.07) is 0. The largest absolute Gasteiger partial charge is 0.481 e. The van der Waals surface area contributed by atoms with Crippen molar-refractivity contribution in [3.05, 3.63) is 0 Å². The molecule has 0 amide bonds. The van der Waals surface area contributed by atoms with Gasteiger partial charge >= 0.3 is 5.97 Å². The molecule has 1 aliphatic rings. The van der Waals surface area contributed by atoms with E-state index < -0.39 is 11.5 Å². The van der Waals surface area contributed by atoms with Crippen molar-refractivity contribution in [2.24, 2.45) is 17.6 Å². The number of carboxylic acids is 1. The van der Waals surface area contributed by atoms with E-state index in [4.69, 9.17) is 10.8 Å². The van der Waals surface area contributed by atoms with E-state index in [9.17, 15) is 4.79 Å². The lowest BCUT2D eigenvalue weighted by atomic mass is 9.70. The van der Waals surface area contributed by atoms with Gasteiger partial charge in [-0.15, -0.1) is 0 Å². The van der Waals surface area contributed by atoms with Crippen LogP contribution < -0.4 is 5.73 Å². The van der Waals surface area contributed by atoms with Crippen LogP contribution in [-0.2, 0) is 4.79 Å². The third-order valence-corrected chi connectivity index (χ3v) is 3.30. The summed E-state index contributed by atoms with van der Waals surface area (Å²) in [5, 5.41) is 8.70. The van der Waals surface area contributed by atoms with Gasteiger partial charge in [-0.05, 0) is 31.1 Å². The third-order valence-electron chi connectivity index (χ3n) is 3.30. The molecule has 3 N–H and O–H groups in total. The molecular formula is C10H19NO2. The lowest BCUT2D eigenvalue weighted by molar-refractivity contribution is -0.139. The van der Waals surface area contributed by atoms with Crippen LogP contribution >= 0.6 is 0 Å². The number of carboxylic acid groups (broad SMARTS) is 1. The Morgan fingerprint density at radius 1 is 1.54 bits per heavy atom. The maximum Gasteiger partial charge on any atom is 0.305 e. The van der Waals surface area contributed by atoms with Gasteiger partial charge in [0.15, 0.2) is 0 Å². The molecule has 0 aliphatic heterocycles. The predicted octanol–water partition coefficient (Wildman–Crippen LogP) is 1.61. The van der Waals surface area contributed by atoms with Crippen molar-refractivity contribution >= 4 is 5.97 Å². The number of nitrogens with two attached hydrogens (primary N) is 1. The van der Waals surface area contributed by atoms with Gasteiger partial charge in [0.25, 0.3) is 0 Å². The normalized spacial score (nSPS) is 40.2. The van der Waals surface area contributed by atoms with Gasteiger partial charge in [-0.3, -0.25) is 4.79 Å². The Labute approximate surface area is 79.3 Å². The number of hydrogen-bond acceptors (Lipinski definition) is 2. The van der Waals surface area contributed by atoms with Gasteiger partial charge in [0, 0.05) is 5.54 Å². The maximum atomic E-state index is 10.6. The zero-order chi connectivity index (χ0) is 10.1. The summed E-state index contributed by atoms with van der Waals surface area (Å²) in [6.07, 6.45) is 2.88. The number of aliphatic carboxylic acids is 1. The first-order chi connectivity index (χ1) is 5.93. The van der Waals surface area contributed by atoms with Crippen molar-refractivity contribution in [3.8, 4) is 0 Å². The Bertz CT molecular complexity index is 205. The van der Waals surface area contributed by atoms with Crippen LogP contribution in [0, 0.1) is 11.8 Å². The van der Waals surface area contributed by atoms with Gasteiger partial charge in [0.1, 0.15) is 0 Å². The number of rotatable bonds is 2. The van der Waals surface area contributed by atoms with Crippen LogP contribution in [0.3, 0.4) is 0 Å². The SMILES string of the molecule is CC1CCC(N)(CC(=O)O)CC1C. The van der Waals surface area contributed by atoms with E-state index in [0.29, 0.717) is 11.8 Å². The van der Waals surface area contributed by atoms with Crippen LogP contribution in [0.4, 0.5) is 0 Å². The molecule has 0 aromatic carbocycles. The maximum absolute atomic E-state index is 10.6. The Kier molecular flexibility index (Phi) is 2.96. The molecule has 0 heterocycles. The van der Waals surface area contributed by atoms with Crippen molar-refractivity contribution in [1.82, 2.24) is 0 Å². The van der Waals surface area contributed by atoms with E-state index in [1.165, 1.54) is 0 Å². The molecule has 0 radical (unpaired) electrons. The smallest absolute Gasteiger partial charge is 0.305 e. The lowest BCUT2D eigenvalue weighted by Crippen LogP contribution is -2.47. The second-order valence-corrected chi connectivity index (χ2v) is 4.63. The van der Waals surface area contributed by atoms with Crippen molar-refractivity contribution in [3.63, 3.8) is 0 Å². The van der Waals surface area contributed by atoms with E-state index in [1.807, 2.05) is 0 Å². The minimum Gasteiger partial charge on any atom is -0.481 e. The highest BCUT2D eigenvalue weighted by Crippen LogP contribution is 2.36. The van der Waals surface area contributed by atoms with E-state index in [-0.39, 0.29) is 6.42 Å². The van der Waals surface area contributed by atoms with Crippen molar-refractivity contribution in [2.75, 3.05) is 0 Å². The van der Waals surface area contributed by atoms with Crippen molar-refractivity contribution < 1.29 is 9.90 Å². The molecule has 0 spiro atoms. The summed E-state index contributed by atoms with van der Waals surface area (Å²) in [6.45, 7) is 4.37. The van der Waals surface area contributed by atoms with Gasteiger partial charge < -0.3 is 10.8 Å². The first-order valence-electron chi connectivity index (χ1n) is 4.94. The van der Waals surface area contributed by atoms with Crippen LogP contribution in [-0.4, -0.2) is 16.6 Å². The van der Waals surface area contributed by atoms with Crippen molar-refractivity contribution in [2.45, 2.75) is 45.1 Å². The quantitative estimate of drug-likeness (QED) is 0.687. The zero-order valence-corrected chi connectivity index (χ0v) is 8.42. The number of carbonyl (C=O) groups is 1. The second-order valence-electron chi connectivity index (χ2n) is 4.63. The first kappa shape index (κ1) is 10.5. The minimum atomic E-state index is -0.774. The average molecular weight is 185 g/mol. The lowest BCUT2D eigenvalue weighted by Gasteiger charge is -2.39. The van der Waals surface area contributed by atoms with Crippen LogP contribution in [0.1, 0.15) is 39.5 Å². The number of hydrogen-bond donors (Lipinski definition) is 2. The molecule has 1 fully saturated rings. The molecule has 3 atom stereocenters. The third kappa shape index (κ3) is 2.69. The molecule has 76 valence electrons. The van der Waals surface area contributed by atoms with Gasteiger partial charge in [-0.2, -0.15) is 0 Å². The van der Waals surface area contributed by atoms with Crippen LogP contribution in [0.25, 0.3) is 0 Å². The molecule has 1 saturated carbocycles. The molecule has 0 aromatic heterocycles. The van der Waals surface area contributed by atoms with E-state index >= 15 is 0 Å². The van der Waals surface area contributed by atoms with Crippen LogP contribution in [0.2, 0.25) is 0 Å². The highest BCUT2D eigenvalue weighted by Gasteiger charge is 2.35. The summed E-state index contributed by atoms with van der Waals surface area (Å²) >= 11 is 0. The summed E-state index contributed by atoms with van der Waals surface area (Å²) < 4.78 is 0. The summed E-state index contributed by atoms with van der Waals surface area (Å²) in [5.41, 5.74) is 5.59. The first-order valence-corrected chi connectivity index (χ1v) is 4.94. The Morgan fingerprint density at radius 3 is 2.62 bits per heavy atom. The molecule has 3 nitrogen and oxygen atoms in total. The van der Waals surface area contributed by atoms with E-state index in [0.717, 1.165) is 19.3 Å². The molecule has 0 saturated heterocycles. The fourth-order valence-corrected chi connectivity index (χ4v) is 2.21. The molecule has 0 aromatic rings. The van der Waals surface area contributed by atoms with Crippen molar-refractivity contribution in [1.29, 1.82) is 0 Å². The second kappa shape index (κ2) is 3.66. The molecule has 0 bridgehead atoms. The molecule has 3 unspecified atom stereocenters. The van der Waals surface area contributed by atoms with E-state index in [2.05, 4.69) is 13.8 Å². The molecular weight excluding hydrogens is 166 g/mol. The molecule has 13 heavy (non-hydrogen) atoms. The average Bonchev–Trinajstić information content (AvgIpc) is 1.96. The highest BCUT2D eigenvalue weighted by molar-refractivity contribution is 5.68. The summed E-state index contributed by atoms with van der Waals surface area (Å²) in [4.78, 5) is 10.6. The van der Waals surface area contributed by atoms with Crippen LogP contribution in [0.15, 0.2) is 0 Å². The minimum absolute atomic E-state index is 0.115. The standard InChI is InChI=1S/C10H19NO2/c1-7-3-4-10(11,5-8(7)2)6-9(12)13/h7-8H,3-6,11H2,1-2H3,(H,12,13). The predicted molar refractivity (Wildman–Crippen MR) is 51.4 cm³/mol. The summed E-state index contributed by atoms with van der Waals surface area (Å²) in [7, 11) is 0.